The molecule has 1 heterocycles. The first-order valence-corrected chi connectivity index (χ1v) is 11.7. The number of fused-ring (bicyclic) bond motifs is 3. The first-order valence-electron chi connectivity index (χ1n) is 10.9. The highest BCUT2D eigenvalue weighted by molar-refractivity contribution is 6.35. The summed E-state index contributed by atoms with van der Waals surface area (Å²) < 4.78 is 17.0. The molecule has 0 bridgehead atoms. The normalized spacial score (nSPS) is 20.9. The standard InChI is InChI=1S/C25H24Cl2FNO2/c26-15-8-7-14(22(27)9-15)13-29-23-6-4-2-1-3-5-17(23)19-10-16(28)11-20(24(19)29)18-12-21(18)25(30)31/h7-11,18,21H,1-6,12-13H2,(H,30,31). The van der Waals surface area contributed by atoms with Gasteiger partial charge < -0.3 is 9.67 Å². The average molecular weight is 460 g/mol. The van der Waals surface area contributed by atoms with Crippen molar-refractivity contribution < 1.29 is 14.3 Å². The minimum absolute atomic E-state index is 0.143. The van der Waals surface area contributed by atoms with Crippen molar-refractivity contribution in [3.63, 3.8) is 0 Å². The molecule has 0 amide bonds. The minimum atomic E-state index is -0.806. The second-order valence-corrected chi connectivity index (χ2v) is 9.68. The molecule has 31 heavy (non-hydrogen) atoms. The van der Waals surface area contributed by atoms with Crippen molar-refractivity contribution in [3.05, 3.63) is 68.6 Å². The number of hydrogen-bond donors (Lipinski definition) is 1. The molecule has 2 unspecified atom stereocenters. The smallest absolute Gasteiger partial charge is 0.307 e. The molecule has 2 aliphatic carbocycles. The number of carbonyl (C=O) groups is 1. The van der Waals surface area contributed by atoms with Crippen LogP contribution in [-0.4, -0.2) is 15.6 Å². The van der Waals surface area contributed by atoms with Crippen LogP contribution in [-0.2, 0) is 24.2 Å². The lowest BCUT2D eigenvalue weighted by atomic mass is 9.95. The fourth-order valence-corrected chi connectivity index (χ4v) is 5.67. The lowest BCUT2D eigenvalue weighted by Gasteiger charge is -2.17. The van der Waals surface area contributed by atoms with Gasteiger partial charge in [-0.1, -0.05) is 42.1 Å². The van der Waals surface area contributed by atoms with E-state index in [1.54, 1.807) is 18.2 Å². The van der Waals surface area contributed by atoms with Gasteiger partial charge in [0, 0.05) is 33.6 Å². The van der Waals surface area contributed by atoms with Gasteiger partial charge in [0.1, 0.15) is 5.82 Å². The van der Waals surface area contributed by atoms with Crippen LogP contribution in [0.1, 0.15) is 60.4 Å². The number of aromatic nitrogens is 1. The Kier molecular flexibility index (Phi) is 5.47. The van der Waals surface area contributed by atoms with E-state index in [0.29, 0.717) is 23.0 Å². The number of hydrogen-bond acceptors (Lipinski definition) is 1. The molecule has 3 aromatic rings. The summed E-state index contributed by atoms with van der Waals surface area (Å²) in [5.74, 6) is -1.67. The average Bonchev–Trinajstić information content (AvgIpc) is 3.44. The van der Waals surface area contributed by atoms with E-state index in [4.69, 9.17) is 23.2 Å². The predicted octanol–water partition coefficient (Wildman–Crippen LogP) is 6.98. The SMILES string of the molecule is O=C(O)C1CC1c1cc(F)cc2c3c(n(Cc4ccc(Cl)cc4Cl)c12)CCCCCC3. The molecule has 1 aromatic heterocycles. The van der Waals surface area contributed by atoms with Crippen molar-refractivity contribution in [2.45, 2.75) is 57.4 Å². The lowest BCUT2D eigenvalue weighted by Crippen LogP contribution is -2.09. The van der Waals surface area contributed by atoms with Crippen molar-refractivity contribution in [3.8, 4) is 0 Å². The number of halogens is 3. The van der Waals surface area contributed by atoms with Crippen molar-refractivity contribution in [1.29, 1.82) is 0 Å². The van der Waals surface area contributed by atoms with Gasteiger partial charge in [0.2, 0.25) is 0 Å². The van der Waals surface area contributed by atoms with Crippen LogP contribution in [0.2, 0.25) is 10.0 Å². The summed E-state index contributed by atoms with van der Waals surface area (Å²) in [7, 11) is 0. The van der Waals surface area contributed by atoms with Crippen LogP contribution in [0.25, 0.3) is 10.9 Å². The van der Waals surface area contributed by atoms with E-state index in [-0.39, 0.29) is 11.7 Å². The van der Waals surface area contributed by atoms with E-state index in [1.807, 2.05) is 12.1 Å². The number of carboxylic acids is 1. The Morgan fingerprint density at radius 1 is 1.10 bits per heavy atom. The Balaban J connectivity index is 1.73. The number of aryl methyl sites for hydroxylation is 1. The third-order valence-electron chi connectivity index (χ3n) is 6.81. The molecule has 0 aliphatic heterocycles. The maximum absolute atomic E-state index is 14.7. The summed E-state index contributed by atoms with van der Waals surface area (Å²) in [6, 6.07) is 8.70. The van der Waals surface area contributed by atoms with Crippen LogP contribution in [0.4, 0.5) is 4.39 Å². The monoisotopic (exact) mass is 459 g/mol. The van der Waals surface area contributed by atoms with Gasteiger partial charge >= 0.3 is 5.97 Å². The molecule has 0 radical (unpaired) electrons. The van der Waals surface area contributed by atoms with Gasteiger partial charge in [-0.05, 0) is 73.1 Å². The molecule has 3 nitrogen and oxygen atoms in total. The molecule has 5 rings (SSSR count). The lowest BCUT2D eigenvalue weighted by molar-refractivity contribution is -0.138. The quantitative estimate of drug-likeness (QED) is 0.456. The fraction of sp³-hybridized carbons (Fsp3) is 0.400. The Labute approximate surface area is 190 Å². The van der Waals surface area contributed by atoms with Crippen molar-refractivity contribution in [2.75, 3.05) is 0 Å². The maximum Gasteiger partial charge on any atom is 0.307 e. The van der Waals surface area contributed by atoms with Gasteiger partial charge in [-0.25, -0.2) is 4.39 Å². The molecule has 2 aromatic carbocycles. The van der Waals surface area contributed by atoms with Crippen molar-refractivity contribution >= 4 is 40.1 Å². The van der Waals surface area contributed by atoms with E-state index in [0.717, 1.165) is 47.7 Å². The Morgan fingerprint density at radius 2 is 1.87 bits per heavy atom. The Morgan fingerprint density at radius 3 is 2.58 bits per heavy atom. The molecule has 6 heteroatoms. The van der Waals surface area contributed by atoms with Gasteiger partial charge in [0.05, 0.1) is 11.4 Å². The van der Waals surface area contributed by atoms with Gasteiger partial charge in [0.15, 0.2) is 0 Å². The van der Waals surface area contributed by atoms with E-state index in [9.17, 15) is 14.3 Å². The van der Waals surface area contributed by atoms with Gasteiger partial charge in [0.25, 0.3) is 0 Å². The van der Waals surface area contributed by atoms with Crippen LogP contribution < -0.4 is 0 Å². The number of nitrogens with zero attached hydrogens (tertiary/aromatic N) is 1. The Hall–Kier alpha value is -2.04. The third kappa shape index (κ3) is 3.85. The maximum atomic E-state index is 14.7. The summed E-state index contributed by atoms with van der Waals surface area (Å²) in [6.07, 6.45) is 6.96. The molecule has 0 spiro atoms. The summed E-state index contributed by atoms with van der Waals surface area (Å²) in [5.41, 5.74) is 5.20. The second kappa shape index (κ2) is 8.14. The van der Waals surface area contributed by atoms with Crippen LogP contribution in [0.15, 0.2) is 30.3 Å². The molecule has 0 saturated heterocycles. The summed E-state index contributed by atoms with van der Waals surface area (Å²) >= 11 is 12.6. The number of rotatable bonds is 4. The van der Waals surface area contributed by atoms with E-state index in [1.165, 1.54) is 24.1 Å². The molecule has 2 aliphatic rings. The molecule has 1 saturated carbocycles. The zero-order valence-electron chi connectivity index (χ0n) is 17.1. The van der Waals surface area contributed by atoms with Crippen LogP contribution in [0.3, 0.4) is 0 Å². The highest BCUT2D eigenvalue weighted by Gasteiger charge is 2.46. The zero-order valence-corrected chi connectivity index (χ0v) is 18.6. The number of carboxylic acid groups (broad SMARTS) is 1. The van der Waals surface area contributed by atoms with E-state index >= 15 is 0 Å². The van der Waals surface area contributed by atoms with Crippen LogP contribution >= 0.6 is 23.2 Å². The first kappa shape index (κ1) is 20.8. The topological polar surface area (TPSA) is 42.2 Å². The van der Waals surface area contributed by atoms with Crippen LogP contribution in [0, 0.1) is 11.7 Å². The van der Waals surface area contributed by atoms with E-state index in [2.05, 4.69) is 4.57 Å². The predicted molar refractivity (Wildman–Crippen MR) is 122 cm³/mol. The molecule has 1 N–H and O–H groups in total. The molecular formula is C25H24Cl2FNO2. The highest BCUT2D eigenvalue weighted by Crippen LogP contribution is 2.51. The molecule has 2 atom stereocenters. The summed E-state index contributed by atoms with van der Waals surface area (Å²) in [5, 5.41) is 11.6. The van der Waals surface area contributed by atoms with Gasteiger partial charge in [-0.2, -0.15) is 0 Å². The third-order valence-corrected chi connectivity index (χ3v) is 7.40. The highest BCUT2D eigenvalue weighted by atomic mass is 35.5. The molecule has 162 valence electrons. The van der Waals surface area contributed by atoms with Crippen LogP contribution in [0.5, 0.6) is 0 Å². The fourth-order valence-electron chi connectivity index (χ4n) is 5.21. The summed E-state index contributed by atoms with van der Waals surface area (Å²) in [6.45, 7) is 0.560. The van der Waals surface area contributed by atoms with E-state index < -0.39 is 11.9 Å². The molecular weight excluding hydrogens is 436 g/mol. The molecule has 1 fully saturated rings. The first-order chi connectivity index (χ1) is 14.9. The van der Waals surface area contributed by atoms with Gasteiger partial charge in [-0.3, -0.25) is 4.79 Å². The second-order valence-electron chi connectivity index (χ2n) is 8.84. The van der Waals surface area contributed by atoms with Crippen molar-refractivity contribution in [1.82, 2.24) is 4.57 Å². The zero-order chi connectivity index (χ0) is 21.7. The van der Waals surface area contributed by atoms with Crippen molar-refractivity contribution in [2.24, 2.45) is 5.92 Å². The summed E-state index contributed by atoms with van der Waals surface area (Å²) in [4.78, 5) is 11.6. The Bertz CT molecular complexity index is 1190. The number of aliphatic carboxylic acids is 1. The van der Waals surface area contributed by atoms with Gasteiger partial charge in [-0.15, -0.1) is 0 Å². The number of benzene rings is 2. The minimum Gasteiger partial charge on any atom is -0.481 e. The largest absolute Gasteiger partial charge is 0.481 e.